The van der Waals surface area contributed by atoms with Crippen LogP contribution in [0.4, 0.5) is 0 Å². The summed E-state index contributed by atoms with van der Waals surface area (Å²) in [5, 5.41) is 10.5. The van der Waals surface area contributed by atoms with Gasteiger partial charge in [0.15, 0.2) is 17.2 Å². The van der Waals surface area contributed by atoms with Crippen molar-refractivity contribution in [3.05, 3.63) is 47.2 Å². The summed E-state index contributed by atoms with van der Waals surface area (Å²) in [5.74, 6) is 0.506. The van der Waals surface area contributed by atoms with Crippen LogP contribution in [0.25, 0.3) is 4.85 Å². The molecule has 1 heterocycles. The molecule has 5 aliphatic carbocycles. The zero-order valence-electron chi connectivity index (χ0n) is 23.3. The van der Waals surface area contributed by atoms with Crippen LogP contribution in [0.3, 0.4) is 0 Å². The van der Waals surface area contributed by atoms with Crippen LogP contribution >= 0.6 is 0 Å². The van der Waals surface area contributed by atoms with E-state index >= 15 is 0 Å². The summed E-state index contributed by atoms with van der Waals surface area (Å²) in [7, 11) is 0. The molecule has 0 unspecified atom stereocenters. The van der Waals surface area contributed by atoms with E-state index in [-0.39, 0.29) is 52.0 Å². The Kier molecular flexibility index (Phi) is 4.66. The van der Waals surface area contributed by atoms with Gasteiger partial charge < -0.3 is 14.6 Å². The number of fused-ring (bicyclic) bond motifs is 4. The molecule has 1 N–H and O–H groups in total. The first-order valence-electron chi connectivity index (χ1n) is 14.0. The number of Topliss-reactive ketones (excluding diaryl/α,β-unsaturated/α-hetero) is 1. The normalized spacial score (nSPS) is 51.5. The molecule has 3 saturated carbocycles. The van der Waals surface area contributed by atoms with Gasteiger partial charge in [-0.2, -0.15) is 0 Å². The summed E-state index contributed by atoms with van der Waals surface area (Å²) < 4.78 is 6.88. The largest absolute Gasteiger partial charge is 0.483 e. The van der Waals surface area contributed by atoms with Crippen molar-refractivity contribution in [2.24, 2.45) is 44.3 Å². The molecule has 6 rings (SSSR count). The van der Waals surface area contributed by atoms with Gasteiger partial charge in [-0.15, -0.1) is 0 Å². The summed E-state index contributed by atoms with van der Waals surface area (Å²) in [5.41, 5.74) is -2.33. The van der Waals surface area contributed by atoms with Crippen molar-refractivity contribution in [3.8, 4) is 0 Å². The lowest BCUT2D eigenvalue weighted by Crippen LogP contribution is -2.71. The molecule has 0 radical (unpaired) electrons. The third-order valence-electron chi connectivity index (χ3n) is 13.0. The second-order valence-electron chi connectivity index (χ2n) is 14.8. The molecule has 0 aromatic heterocycles. The van der Waals surface area contributed by atoms with Crippen LogP contribution in [0.2, 0.25) is 0 Å². The van der Waals surface area contributed by atoms with Crippen LogP contribution in [-0.4, -0.2) is 28.9 Å². The summed E-state index contributed by atoms with van der Waals surface area (Å²) >= 11 is 0. The summed E-state index contributed by atoms with van der Waals surface area (Å²) in [6.07, 6.45) is 10.2. The predicted molar refractivity (Wildman–Crippen MR) is 141 cm³/mol. The van der Waals surface area contributed by atoms with E-state index in [0.29, 0.717) is 0 Å². The number of nitrogens with zero attached hydrogens (tertiary/aromatic N) is 1. The van der Waals surface area contributed by atoms with Crippen molar-refractivity contribution in [2.45, 2.75) is 92.1 Å². The highest BCUT2D eigenvalue weighted by molar-refractivity contribution is 6.04. The number of carbonyl (C=O) groups is 2. The van der Waals surface area contributed by atoms with Crippen LogP contribution in [0, 0.1) is 50.9 Å². The van der Waals surface area contributed by atoms with Crippen molar-refractivity contribution in [2.75, 3.05) is 6.61 Å². The topological polar surface area (TPSA) is 68.0 Å². The quantitative estimate of drug-likeness (QED) is 0.433. The average molecular weight is 504 g/mol. The fourth-order valence-electron chi connectivity index (χ4n) is 10.6. The summed E-state index contributed by atoms with van der Waals surface area (Å²) in [6, 6.07) is 0. The number of ether oxygens (including phenoxy) is 1. The maximum atomic E-state index is 14.6. The van der Waals surface area contributed by atoms with Gasteiger partial charge in [-0.3, -0.25) is 4.79 Å². The third kappa shape index (κ3) is 2.46. The second kappa shape index (κ2) is 6.87. The van der Waals surface area contributed by atoms with E-state index in [9.17, 15) is 14.7 Å². The Bertz CT molecular complexity index is 1270. The van der Waals surface area contributed by atoms with Gasteiger partial charge in [0, 0.05) is 27.6 Å². The molecule has 0 aromatic rings. The molecule has 0 amide bonds. The number of aliphatic hydroxyl groups excluding tert-OH is 1. The lowest BCUT2D eigenvalue weighted by atomic mass is 9.33. The molecule has 2 bridgehead atoms. The molecular weight excluding hydrogens is 462 g/mol. The Balaban J connectivity index is 1.60. The fourth-order valence-corrected chi connectivity index (χ4v) is 10.6. The number of aliphatic hydroxyl groups is 1. The number of hydrogen-bond donors (Lipinski definition) is 1. The zero-order chi connectivity index (χ0) is 27.0. The molecule has 1 aliphatic heterocycles. The monoisotopic (exact) mass is 503 g/mol. The fraction of sp³-hybridized carbons (Fsp3) is 0.719. The Labute approximate surface area is 221 Å². The molecule has 37 heavy (non-hydrogen) atoms. The van der Waals surface area contributed by atoms with E-state index in [2.05, 4.69) is 46.0 Å². The number of allylic oxidation sites excluding steroid dienone is 4. The molecule has 6 aliphatic rings. The van der Waals surface area contributed by atoms with E-state index in [1.807, 2.05) is 12.2 Å². The van der Waals surface area contributed by atoms with E-state index < -0.39 is 21.8 Å². The van der Waals surface area contributed by atoms with Gasteiger partial charge in [-0.05, 0) is 67.8 Å². The van der Waals surface area contributed by atoms with Crippen molar-refractivity contribution in [3.63, 3.8) is 0 Å². The van der Waals surface area contributed by atoms with Gasteiger partial charge in [0.25, 0.3) is 0 Å². The highest BCUT2D eigenvalue weighted by atomic mass is 16.5. The van der Waals surface area contributed by atoms with E-state index in [0.717, 1.165) is 56.3 Å². The number of carbonyl (C=O) groups excluding carboxylic acids is 2. The standard InChI is InChI=1S/C32H41NO4/c1-19-31-13-11-26(2,3)17-23(31)32(37-19)24(35)15-22-27(4)16-20(33-8)25(36)28(5,18-34)21(27)9-10-29(22,6)30(32,7)12-14-31/h15-16,21,23,34H,1,9-14,17-18H2,2-7H3/t21-,23-,27+,28+,29-,30+,31-,32-/m1/s1. The molecule has 4 fully saturated rings. The lowest BCUT2D eigenvalue weighted by molar-refractivity contribution is -0.204. The molecule has 1 saturated heterocycles. The average Bonchev–Trinajstić information content (AvgIpc) is 3.03. The third-order valence-corrected chi connectivity index (χ3v) is 13.0. The zero-order valence-corrected chi connectivity index (χ0v) is 23.3. The van der Waals surface area contributed by atoms with Crippen molar-refractivity contribution in [1.82, 2.24) is 0 Å². The number of ketones is 2. The Morgan fingerprint density at radius 3 is 2.38 bits per heavy atom. The minimum Gasteiger partial charge on any atom is -0.483 e. The van der Waals surface area contributed by atoms with Crippen molar-refractivity contribution in [1.29, 1.82) is 0 Å². The van der Waals surface area contributed by atoms with Gasteiger partial charge in [-0.1, -0.05) is 59.8 Å². The molecule has 1 spiro atoms. The molecule has 5 heteroatoms. The maximum absolute atomic E-state index is 14.6. The van der Waals surface area contributed by atoms with Crippen LogP contribution in [-0.2, 0) is 14.3 Å². The van der Waals surface area contributed by atoms with Crippen molar-refractivity contribution < 1.29 is 19.4 Å². The first-order valence-corrected chi connectivity index (χ1v) is 14.0. The van der Waals surface area contributed by atoms with Crippen molar-refractivity contribution >= 4 is 11.6 Å². The summed E-state index contributed by atoms with van der Waals surface area (Å²) in [4.78, 5) is 31.5. The smallest absolute Gasteiger partial charge is 0.226 e. The van der Waals surface area contributed by atoms with E-state index in [1.165, 1.54) is 0 Å². The van der Waals surface area contributed by atoms with E-state index in [1.54, 1.807) is 6.92 Å². The van der Waals surface area contributed by atoms with Gasteiger partial charge in [0.05, 0.1) is 18.9 Å². The molecule has 198 valence electrons. The second-order valence-corrected chi connectivity index (χ2v) is 14.8. The predicted octanol–water partition coefficient (Wildman–Crippen LogP) is 6.20. The van der Waals surface area contributed by atoms with Crippen LogP contribution in [0.5, 0.6) is 0 Å². The number of hydrogen-bond acceptors (Lipinski definition) is 4. The lowest BCUT2D eigenvalue weighted by Gasteiger charge is -2.69. The first-order chi connectivity index (χ1) is 17.1. The van der Waals surface area contributed by atoms with Gasteiger partial charge in [-0.25, -0.2) is 4.85 Å². The molecule has 5 nitrogen and oxygen atoms in total. The van der Waals surface area contributed by atoms with Crippen LogP contribution in [0.15, 0.2) is 35.8 Å². The van der Waals surface area contributed by atoms with E-state index in [4.69, 9.17) is 11.3 Å². The van der Waals surface area contributed by atoms with Gasteiger partial charge in [0.2, 0.25) is 5.70 Å². The van der Waals surface area contributed by atoms with Crippen LogP contribution in [0.1, 0.15) is 86.5 Å². The molecule has 8 atom stereocenters. The molecular formula is C32H41NO4. The minimum absolute atomic E-state index is 0.0372. The highest BCUT2D eigenvalue weighted by Gasteiger charge is 2.81. The first kappa shape index (κ1) is 25.1. The SMILES string of the molecule is [C-]#[N+]C1=C[C@]2(C)C3=CC(=O)[C@]45OC(=C)[C@@]6(CCC(C)(C)C[C@H]64)CC[C@@]5(C)[C@]3(C)CC[C@H]2[C@](C)(CO)C1=O. The maximum Gasteiger partial charge on any atom is 0.226 e. The van der Waals surface area contributed by atoms with Crippen LogP contribution < -0.4 is 0 Å². The Morgan fingerprint density at radius 2 is 1.73 bits per heavy atom. The summed E-state index contributed by atoms with van der Waals surface area (Å²) in [6.45, 7) is 25.0. The molecule has 0 aromatic carbocycles. The minimum atomic E-state index is -1.04. The Hall–Kier alpha value is -2.19. The van der Waals surface area contributed by atoms with Gasteiger partial charge >= 0.3 is 0 Å². The van der Waals surface area contributed by atoms with Gasteiger partial charge in [0.1, 0.15) is 0 Å². The number of rotatable bonds is 1. The Morgan fingerprint density at radius 1 is 1.05 bits per heavy atom. The highest BCUT2D eigenvalue weighted by Crippen LogP contribution is 2.80.